The van der Waals surface area contributed by atoms with Gasteiger partial charge >= 0.3 is 0 Å². The van der Waals surface area contributed by atoms with Gasteiger partial charge in [0.05, 0.1) is 5.52 Å². The van der Waals surface area contributed by atoms with Crippen molar-refractivity contribution in [2.24, 2.45) is 0 Å². The third-order valence-electron chi connectivity index (χ3n) is 4.12. The minimum absolute atomic E-state index is 0.0904. The molecular weight excluding hydrogens is 303 g/mol. The molecule has 3 rings (SSSR count). The summed E-state index contributed by atoms with van der Waals surface area (Å²) in [6.45, 7) is 2.82. The van der Waals surface area contributed by atoms with Crippen molar-refractivity contribution in [3.05, 3.63) is 60.0 Å². The van der Waals surface area contributed by atoms with E-state index in [1.54, 1.807) is 12.1 Å². The van der Waals surface area contributed by atoms with Crippen LogP contribution in [-0.4, -0.2) is 17.4 Å². The molecule has 3 nitrogen and oxygen atoms in total. The second kappa shape index (κ2) is 7.30. The van der Waals surface area contributed by atoms with E-state index in [2.05, 4.69) is 17.2 Å². The first-order valence-electron chi connectivity index (χ1n) is 8.35. The van der Waals surface area contributed by atoms with E-state index in [-0.39, 0.29) is 11.7 Å². The van der Waals surface area contributed by atoms with Gasteiger partial charge in [0.1, 0.15) is 11.5 Å². The highest BCUT2D eigenvalue weighted by atomic mass is 19.1. The Labute approximate surface area is 140 Å². The van der Waals surface area contributed by atoms with E-state index in [4.69, 9.17) is 0 Å². The van der Waals surface area contributed by atoms with Crippen LogP contribution in [0.15, 0.2) is 48.5 Å². The Balaban J connectivity index is 1.87. The lowest BCUT2D eigenvalue weighted by Gasteiger charge is -2.04. The number of H-pyrrole nitrogens is 1. The van der Waals surface area contributed by atoms with Crippen LogP contribution in [0.25, 0.3) is 22.0 Å². The first kappa shape index (κ1) is 16.2. The lowest BCUT2D eigenvalue weighted by Crippen LogP contribution is -2.24. The summed E-state index contributed by atoms with van der Waals surface area (Å²) in [5.74, 6) is -0.350. The molecule has 2 N–H and O–H groups in total. The van der Waals surface area contributed by atoms with Gasteiger partial charge in [0.15, 0.2) is 0 Å². The van der Waals surface area contributed by atoms with Gasteiger partial charge in [0, 0.05) is 17.5 Å². The number of halogens is 1. The molecule has 0 saturated carbocycles. The van der Waals surface area contributed by atoms with Gasteiger partial charge in [-0.2, -0.15) is 0 Å². The third kappa shape index (κ3) is 3.48. The predicted molar refractivity (Wildman–Crippen MR) is 95.6 cm³/mol. The molecule has 4 heteroatoms. The molecule has 0 fully saturated rings. The molecule has 0 aliphatic carbocycles. The van der Waals surface area contributed by atoms with Crippen LogP contribution in [0.5, 0.6) is 0 Å². The number of aromatic amines is 1. The maximum atomic E-state index is 13.1. The van der Waals surface area contributed by atoms with Gasteiger partial charge in [-0.15, -0.1) is 0 Å². The van der Waals surface area contributed by atoms with E-state index < -0.39 is 0 Å². The maximum Gasteiger partial charge on any atom is 0.267 e. The number of carbonyl (C=O) groups excluding carboxylic acids is 1. The fourth-order valence-electron chi connectivity index (χ4n) is 2.82. The molecule has 0 aliphatic rings. The number of hydrogen-bond donors (Lipinski definition) is 2. The molecule has 124 valence electrons. The number of fused-ring (bicyclic) bond motifs is 1. The van der Waals surface area contributed by atoms with Crippen molar-refractivity contribution in [2.45, 2.75) is 26.2 Å². The lowest BCUT2D eigenvalue weighted by atomic mass is 10.0. The summed E-state index contributed by atoms with van der Waals surface area (Å²) in [6.07, 6.45) is 3.23. The summed E-state index contributed by atoms with van der Waals surface area (Å²) >= 11 is 0. The zero-order valence-electron chi connectivity index (χ0n) is 13.7. The number of carbonyl (C=O) groups is 1. The zero-order chi connectivity index (χ0) is 16.9. The summed E-state index contributed by atoms with van der Waals surface area (Å²) in [5.41, 5.74) is 3.31. The first-order chi connectivity index (χ1) is 11.7. The van der Waals surface area contributed by atoms with Crippen LogP contribution in [0.1, 0.15) is 36.7 Å². The van der Waals surface area contributed by atoms with Crippen LogP contribution >= 0.6 is 0 Å². The fourth-order valence-corrected chi connectivity index (χ4v) is 2.82. The Kier molecular flexibility index (Phi) is 4.94. The van der Waals surface area contributed by atoms with E-state index in [0.29, 0.717) is 12.2 Å². The second-order valence-corrected chi connectivity index (χ2v) is 5.92. The molecule has 0 spiro atoms. The molecule has 0 bridgehead atoms. The Hall–Kier alpha value is -2.62. The number of unbranched alkanes of at least 4 members (excludes halogenated alkanes) is 2. The molecule has 0 saturated heterocycles. The molecule has 3 aromatic rings. The molecule has 0 unspecified atom stereocenters. The van der Waals surface area contributed by atoms with Gasteiger partial charge in [-0.05, 0) is 30.2 Å². The monoisotopic (exact) mass is 324 g/mol. The number of rotatable bonds is 6. The highest BCUT2D eigenvalue weighted by Gasteiger charge is 2.12. The van der Waals surface area contributed by atoms with Gasteiger partial charge in [-0.25, -0.2) is 4.39 Å². The first-order valence-corrected chi connectivity index (χ1v) is 8.35. The quantitative estimate of drug-likeness (QED) is 0.623. The number of nitrogens with one attached hydrogen (secondary N) is 2. The molecule has 1 amide bonds. The van der Waals surface area contributed by atoms with Gasteiger partial charge in [-0.1, -0.05) is 50.1 Å². The largest absolute Gasteiger partial charge is 0.351 e. The molecule has 0 atom stereocenters. The minimum Gasteiger partial charge on any atom is -0.351 e. The van der Waals surface area contributed by atoms with Crippen molar-refractivity contribution >= 4 is 16.8 Å². The molecule has 2 aromatic carbocycles. The van der Waals surface area contributed by atoms with Crippen LogP contribution in [0.4, 0.5) is 4.39 Å². The van der Waals surface area contributed by atoms with Crippen LogP contribution in [0.3, 0.4) is 0 Å². The predicted octanol–water partition coefficient (Wildman–Crippen LogP) is 4.89. The summed E-state index contributed by atoms with van der Waals surface area (Å²) in [6, 6.07) is 14.1. The van der Waals surface area contributed by atoms with Crippen molar-refractivity contribution in [1.82, 2.24) is 10.3 Å². The molecule has 1 aromatic heterocycles. The number of para-hydroxylation sites is 1. The maximum absolute atomic E-state index is 13.1. The number of aromatic nitrogens is 1. The number of hydrogen-bond acceptors (Lipinski definition) is 1. The average Bonchev–Trinajstić information content (AvgIpc) is 3.03. The highest BCUT2D eigenvalue weighted by molar-refractivity contribution is 6.02. The Morgan fingerprint density at radius 2 is 1.92 bits per heavy atom. The summed E-state index contributed by atoms with van der Waals surface area (Å²) in [4.78, 5) is 15.5. The van der Waals surface area contributed by atoms with E-state index in [1.807, 2.05) is 24.3 Å². The molecular formula is C20H21FN2O. The van der Waals surface area contributed by atoms with E-state index in [0.717, 1.165) is 41.3 Å². The van der Waals surface area contributed by atoms with E-state index in [1.165, 1.54) is 12.1 Å². The van der Waals surface area contributed by atoms with Crippen molar-refractivity contribution in [3.63, 3.8) is 0 Å². The SMILES string of the molecule is CCCCCNC(=O)c1cc2cccc(-c3ccc(F)cc3)c2[nH]1. The summed E-state index contributed by atoms with van der Waals surface area (Å²) in [5, 5.41) is 3.91. The van der Waals surface area contributed by atoms with Crippen molar-refractivity contribution < 1.29 is 9.18 Å². The standard InChI is InChI=1S/C20H21FN2O/c1-2-3-4-12-22-20(24)18-13-15-6-5-7-17(19(15)23-18)14-8-10-16(21)11-9-14/h5-11,13,23H,2-4,12H2,1H3,(H,22,24). The van der Waals surface area contributed by atoms with Crippen molar-refractivity contribution in [1.29, 1.82) is 0 Å². The minimum atomic E-state index is -0.260. The third-order valence-corrected chi connectivity index (χ3v) is 4.12. The molecule has 1 heterocycles. The Morgan fingerprint density at radius 3 is 2.67 bits per heavy atom. The topological polar surface area (TPSA) is 44.9 Å². The van der Waals surface area contributed by atoms with Crippen LogP contribution in [-0.2, 0) is 0 Å². The van der Waals surface area contributed by atoms with Crippen molar-refractivity contribution in [3.8, 4) is 11.1 Å². The van der Waals surface area contributed by atoms with Gasteiger partial charge in [0.25, 0.3) is 5.91 Å². The van der Waals surface area contributed by atoms with Crippen LogP contribution in [0.2, 0.25) is 0 Å². The van der Waals surface area contributed by atoms with Crippen molar-refractivity contribution in [2.75, 3.05) is 6.54 Å². The second-order valence-electron chi connectivity index (χ2n) is 5.92. The smallest absolute Gasteiger partial charge is 0.267 e. The molecule has 24 heavy (non-hydrogen) atoms. The number of amides is 1. The van der Waals surface area contributed by atoms with Gasteiger partial charge in [0.2, 0.25) is 0 Å². The number of benzene rings is 2. The highest BCUT2D eigenvalue weighted by Crippen LogP contribution is 2.28. The summed E-state index contributed by atoms with van der Waals surface area (Å²) in [7, 11) is 0. The lowest BCUT2D eigenvalue weighted by molar-refractivity contribution is 0.0949. The fraction of sp³-hybridized carbons (Fsp3) is 0.250. The van der Waals surface area contributed by atoms with Gasteiger partial charge in [-0.3, -0.25) is 4.79 Å². The zero-order valence-corrected chi connectivity index (χ0v) is 13.7. The van der Waals surface area contributed by atoms with E-state index >= 15 is 0 Å². The Morgan fingerprint density at radius 1 is 1.12 bits per heavy atom. The summed E-state index contributed by atoms with van der Waals surface area (Å²) < 4.78 is 13.1. The van der Waals surface area contributed by atoms with Crippen LogP contribution in [0, 0.1) is 5.82 Å². The van der Waals surface area contributed by atoms with Gasteiger partial charge < -0.3 is 10.3 Å². The molecule has 0 radical (unpaired) electrons. The molecule has 0 aliphatic heterocycles. The average molecular weight is 324 g/mol. The normalized spacial score (nSPS) is 10.9. The Bertz CT molecular complexity index is 836. The van der Waals surface area contributed by atoms with E-state index in [9.17, 15) is 9.18 Å². The van der Waals surface area contributed by atoms with Crippen LogP contribution < -0.4 is 5.32 Å².